The van der Waals surface area contributed by atoms with E-state index in [1.54, 1.807) is 29.2 Å². The SMILES string of the molecule is O=C(CC[C@@H](O)[C@@H]1Cc2ccccc2CN1)c1ccc(C(=O)N2CCC(C(F)F)CC2)cc1. The second-order valence-corrected chi connectivity index (χ2v) is 9.03. The van der Waals surface area contributed by atoms with E-state index in [1.807, 2.05) is 12.1 Å². The van der Waals surface area contributed by atoms with Gasteiger partial charge < -0.3 is 15.3 Å². The summed E-state index contributed by atoms with van der Waals surface area (Å²) in [5.41, 5.74) is 3.42. The predicted molar refractivity (Wildman–Crippen MR) is 121 cm³/mol. The summed E-state index contributed by atoms with van der Waals surface area (Å²) in [5.74, 6) is -0.911. The molecule has 5 nitrogen and oxygen atoms in total. The first kappa shape index (κ1) is 23.5. The van der Waals surface area contributed by atoms with Gasteiger partial charge in [0.2, 0.25) is 6.43 Å². The van der Waals surface area contributed by atoms with Crippen LogP contribution >= 0.6 is 0 Å². The molecule has 4 rings (SSSR count). The van der Waals surface area contributed by atoms with Crippen LogP contribution in [0.2, 0.25) is 0 Å². The third-order valence-corrected chi connectivity index (χ3v) is 6.88. The van der Waals surface area contributed by atoms with Crippen LogP contribution in [0, 0.1) is 5.92 Å². The number of carbonyl (C=O) groups is 2. The van der Waals surface area contributed by atoms with Gasteiger partial charge in [0, 0.05) is 49.1 Å². The smallest absolute Gasteiger partial charge is 0.253 e. The molecule has 1 fully saturated rings. The largest absolute Gasteiger partial charge is 0.391 e. The first-order valence-electron chi connectivity index (χ1n) is 11.6. The van der Waals surface area contributed by atoms with Gasteiger partial charge in [0.25, 0.3) is 5.91 Å². The lowest BCUT2D eigenvalue weighted by molar-refractivity contribution is 0.0311. The highest BCUT2D eigenvalue weighted by atomic mass is 19.3. The number of aliphatic hydroxyl groups excluding tert-OH is 1. The van der Waals surface area contributed by atoms with Crippen molar-refractivity contribution in [1.29, 1.82) is 0 Å². The van der Waals surface area contributed by atoms with Gasteiger partial charge in [-0.15, -0.1) is 0 Å². The second-order valence-electron chi connectivity index (χ2n) is 9.03. The van der Waals surface area contributed by atoms with Gasteiger partial charge in [0.1, 0.15) is 0 Å². The van der Waals surface area contributed by atoms with E-state index in [1.165, 1.54) is 11.1 Å². The minimum absolute atomic E-state index is 0.0815. The molecule has 176 valence electrons. The molecule has 0 spiro atoms. The summed E-state index contributed by atoms with van der Waals surface area (Å²) in [6, 6.07) is 14.6. The number of carbonyl (C=O) groups excluding carboxylic acids is 2. The van der Waals surface area contributed by atoms with Gasteiger partial charge in [-0.1, -0.05) is 36.4 Å². The molecule has 2 N–H and O–H groups in total. The molecule has 33 heavy (non-hydrogen) atoms. The highest BCUT2D eigenvalue weighted by molar-refractivity contribution is 5.98. The number of likely N-dealkylation sites (tertiary alicyclic amines) is 1. The average molecular weight is 457 g/mol. The normalized spacial score (nSPS) is 19.9. The molecule has 2 aromatic rings. The Morgan fingerprint density at radius 2 is 1.64 bits per heavy atom. The zero-order valence-electron chi connectivity index (χ0n) is 18.6. The van der Waals surface area contributed by atoms with Crippen molar-refractivity contribution < 1.29 is 23.5 Å². The van der Waals surface area contributed by atoms with Crippen LogP contribution in [0.5, 0.6) is 0 Å². The van der Waals surface area contributed by atoms with E-state index in [4.69, 9.17) is 0 Å². The Hall–Kier alpha value is -2.64. The number of ketones is 1. The van der Waals surface area contributed by atoms with E-state index < -0.39 is 18.4 Å². The maximum Gasteiger partial charge on any atom is 0.253 e. The number of rotatable bonds is 7. The van der Waals surface area contributed by atoms with Crippen LogP contribution in [0.3, 0.4) is 0 Å². The quantitative estimate of drug-likeness (QED) is 0.621. The van der Waals surface area contributed by atoms with Crippen LogP contribution < -0.4 is 5.32 Å². The molecule has 2 heterocycles. The molecule has 0 unspecified atom stereocenters. The number of fused-ring (bicyclic) bond motifs is 1. The third-order valence-electron chi connectivity index (χ3n) is 6.88. The monoisotopic (exact) mass is 456 g/mol. The van der Waals surface area contributed by atoms with E-state index in [0.29, 0.717) is 50.0 Å². The number of benzene rings is 2. The van der Waals surface area contributed by atoms with Gasteiger partial charge in [-0.05, 0) is 48.9 Å². The van der Waals surface area contributed by atoms with Crippen LogP contribution in [0.4, 0.5) is 8.78 Å². The fourth-order valence-electron chi connectivity index (χ4n) is 4.71. The van der Waals surface area contributed by atoms with Gasteiger partial charge in [0.15, 0.2) is 5.78 Å². The molecule has 2 aromatic carbocycles. The van der Waals surface area contributed by atoms with Crippen molar-refractivity contribution in [3.8, 4) is 0 Å². The number of alkyl halides is 2. The summed E-state index contributed by atoms with van der Waals surface area (Å²) in [7, 11) is 0. The Morgan fingerprint density at radius 1 is 1.00 bits per heavy atom. The van der Waals surface area contributed by atoms with Crippen LogP contribution in [-0.2, 0) is 13.0 Å². The van der Waals surface area contributed by atoms with Crippen molar-refractivity contribution in [2.24, 2.45) is 5.92 Å². The molecule has 2 atom stereocenters. The number of Topliss-reactive ketones (excluding diaryl/α,β-unsaturated/α-hetero) is 1. The molecule has 1 saturated heterocycles. The zero-order chi connectivity index (χ0) is 23.4. The lowest BCUT2D eigenvalue weighted by atomic mass is 9.90. The van der Waals surface area contributed by atoms with Crippen molar-refractivity contribution in [3.63, 3.8) is 0 Å². The summed E-state index contributed by atoms with van der Waals surface area (Å²) < 4.78 is 25.6. The van der Waals surface area contributed by atoms with E-state index in [0.717, 1.165) is 6.42 Å². The molecule has 0 bridgehead atoms. The predicted octanol–water partition coefficient (Wildman–Crippen LogP) is 3.84. The number of hydrogen-bond donors (Lipinski definition) is 2. The number of halogens is 2. The molecule has 0 aromatic heterocycles. The maximum atomic E-state index is 12.8. The summed E-state index contributed by atoms with van der Waals surface area (Å²) in [6.45, 7) is 1.36. The summed E-state index contributed by atoms with van der Waals surface area (Å²) in [6.07, 6.45) is -1.03. The van der Waals surface area contributed by atoms with Crippen LogP contribution in [0.25, 0.3) is 0 Å². The minimum Gasteiger partial charge on any atom is -0.391 e. The van der Waals surface area contributed by atoms with Gasteiger partial charge >= 0.3 is 0 Å². The molecule has 2 aliphatic heterocycles. The first-order valence-corrected chi connectivity index (χ1v) is 11.6. The van der Waals surface area contributed by atoms with E-state index in [9.17, 15) is 23.5 Å². The van der Waals surface area contributed by atoms with Gasteiger partial charge in [-0.2, -0.15) is 0 Å². The zero-order valence-corrected chi connectivity index (χ0v) is 18.6. The van der Waals surface area contributed by atoms with Crippen LogP contribution in [0.15, 0.2) is 48.5 Å². The van der Waals surface area contributed by atoms with E-state index in [-0.39, 0.29) is 24.2 Å². The van der Waals surface area contributed by atoms with Crippen LogP contribution in [0.1, 0.15) is 57.5 Å². The third kappa shape index (κ3) is 5.65. The van der Waals surface area contributed by atoms with Gasteiger partial charge in [-0.3, -0.25) is 9.59 Å². The first-order chi connectivity index (χ1) is 15.9. The number of nitrogens with zero attached hydrogens (tertiary/aromatic N) is 1. The highest BCUT2D eigenvalue weighted by Crippen LogP contribution is 2.25. The van der Waals surface area contributed by atoms with Gasteiger partial charge in [0.05, 0.1) is 6.10 Å². The number of piperidine rings is 1. The number of aliphatic hydroxyl groups is 1. The molecule has 2 aliphatic rings. The molecular formula is C26H30F2N2O3. The molecule has 7 heteroatoms. The maximum absolute atomic E-state index is 12.8. The van der Waals surface area contributed by atoms with E-state index in [2.05, 4.69) is 17.4 Å². The van der Waals surface area contributed by atoms with Crippen molar-refractivity contribution in [3.05, 3.63) is 70.8 Å². The highest BCUT2D eigenvalue weighted by Gasteiger charge is 2.29. The molecular weight excluding hydrogens is 426 g/mol. The summed E-state index contributed by atoms with van der Waals surface area (Å²) >= 11 is 0. The van der Waals surface area contributed by atoms with Gasteiger partial charge in [-0.25, -0.2) is 8.78 Å². The van der Waals surface area contributed by atoms with Crippen molar-refractivity contribution in [2.75, 3.05) is 13.1 Å². The summed E-state index contributed by atoms with van der Waals surface area (Å²) in [4.78, 5) is 26.9. The summed E-state index contributed by atoms with van der Waals surface area (Å²) in [5, 5.41) is 14.0. The average Bonchev–Trinajstić information content (AvgIpc) is 2.86. The van der Waals surface area contributed by atoms with Crippen LogP contribution in [-0.4, -0.2) is 53.4 Å². The lowest BCUT2D eigenvalue weighted by Crippen LogP contribution is -2.44. The molecule has 0 saturated carbocycles. The fraction of sp³-hybridized carbons (Fsp3) is 0.462. The molecule has 0 radical (unpaired) electrons. The number of hydrogen-bond acceptors (Lipinski definition) is 4. The topological polar surface area (TPSA) is 69.6 Å². The van der Waals surface area contributed by atoms with Crippen molar-refractivity contribution in [1.82, 2.24) is 10.2 Å². The van der Waals surface area contributed by atoms with Crippen molar-refractivity contribution >= 4 is 11.7 Å². The molecule has 1 amide bonds. The number of nitrogens with one attached hydrogen (secondary N) is 1. The standard InChI is InChI=1S/C26H30F2N2O3/c27-25(28)18-11-13-30(14-12-18)26(33)19-7-5-17(6-8-19)23(31)9-10-24(32)22-15-20-3-1-2-4-21(20)16-29-22/h1-8,18,22,24-25,29,32H,9-16H2/t22-,24+/m0/s1. The lowest BCUT2D eigenvalue weighted by Gasteiger charge is -2.31. The fourth-order valence-corrected chi connectivity index (χ4v) is 4.71. The van der Waals surface area contributed by atoms with Crippen molar-refractivity contribution in [2.45, 2.75) is 57.2 Å². The Labute approximate surface area is 192 Å². The molecule has 0 aliphatic carbocycles. The Bertz CT molecular complexity index is 972. The minimum atomic E-state index is -2.34. The Balaban J connectivity index is 1.27. The second kappa shape index (κ2) is 10.5. The Morgan fingerprint density at radius 3 is 2.30 bits per heavy atom. The number of amides is 1. The van der Waals surface area contributed by atoms with E-state index >= 15 is 0 Å². The Kier molecular flexibility index (Phi) is 7.50.